The van der Waals surface area contributed by atoms with Gasteiger partial charge in [0.2, 0.25) is 5.88 Å². The van der Waals surface area contributed by atoms with Gasteiger partial charge < -0.3 is 15.4 Å². The average Bonchev–Trinajstić information content (AvgIpc) is 2.56. The zero-order valence-electron chi connectivity index (χ0n) is 14.1. The van der Waals surface area contributed by atoms with E-state index < -0.39 is 12.8 Å². The van der Waals surface area contributed by atoms with Crippen LogP contribution in [0.3, 0.4) is 0 Å². The van der Waals surface area contributed by atoms with Gasteiger partial charge in [0.15, 0.2) is 12.6 Å². The molecule has 24 heavy (non-hydrogen) atoms. The van der Waals surface area contributed by atoms with Crippen LogP contribution in [-0.2, 0) is 6.54 Å². The van der Waals surface area contributed by atoms with E-state index in [2.05, 4.69) is 32.3 Å². The number of aliphatic imine (C=N–C) groups is 1. The van der Waals surface area contributed by atoms with Crippen LogP contribution >= 0.6 is 0 Å². The molecule has 0 unspecified atom stereocenters. The van der Waals surface area contributed by atoms with Crippen molar-refractivity contribution in [1.29, 1.82) is 0 Å². The second kappa shape index (κ2) is 10.7. The lowest BCUT2D eigenvalue weighted by Crippen LogP contribution is -2.37. The molecule has 2 N–H and O–H groups in total. The van der Waals surface area contributed by atoms with Crippen molar-refractivity contribution in [2.75, 3.05) is 20.2 Å². The number of guanidine groups is 1. The molecule has 0 aliphatic carbocycles. The molecule has 0 fully saturated rings. The van der Waals surface area contributed by atoms with Crippen LogP contribution in [0.2, 0.25) is 0 Å². The fourth-order valence-electron chi connectivity index (χ4n) is 1.92. The zero-order valence-corrected chi connectivity index (χ0v) is 14.1. The molecular weight excluding hydrogens is 321 g/mol. The summed E-state index contributed by atoms with van der Waals surface area (Å²) in [5.41, 5.74) is 0.822. The minimum absolute atomic E-state index is 0.0468. The first-order chi connectivity index (χ1) is 11.4. The van der Waals surface area contributed by atoms with Gasteiger partial charge in [0.1, 0.15) is 0 Å². The standard InChI is InChI=1S/C16H25F3N4O/c1-3-4-5-6-9-21-15(20-2)23-11-13-7-8-14(22-10-13)24-12-16(17,18)19/h7-8,10H,3-6,9,11-12H2,1-2H3,(H2,20,21,23). The number of alkyl halides is 3. The Labute approximate surface area is 140 Å². The van der Waals surface area contributed by atoms with Crippen molar-refractivity contribution in [3.05, 3.63) is 23.9 Å². The van der Waals surface area contributed by atoms with Crippen LogP contribution in [0.25, 0.3) is 0 Å². The van der Waals surface area contributed by atoms with Crippen molar-refractivity contribution in [1.82, 2.24) is 15.6 Å². The fraction of sp³-hybridized carbons (Fsp3) is 0.625. The van der Waals surface area contributed by atoms with Crippen molar-refractivity contribution in [2.24, 2.45) is 4.99 Å². The van der Waals surface area contributed by atoms with Crippen LogP contribution in [0.5, 0.6) is 5.88 Å². The lowest BCUT2D eigenvalue weighted by Gasteiger charge is -2.12. The lowest BCUT2D eigenvalue weighted by atomic mass is 10.2. The number of unbranched alkanes of at least 4 members (excludes halogenated alkanes) is 3. The third-order valence-corrected chi connectivity index (χ3v) is 3.19. The third-order valence-electron chi connectivity index (χ3n) is 3.19. The molecule has 0 bridgehead atoms. The Morgan fingerprint density at radius 2 is 2.00 bits per heavy atom. The maximum absolute atomic E-state index is 12.1. The first-order valence-electron chi connectivity index (χ1n) is 8.03. The van der Waals surface area contributed by atoms with Crippen LogP contribution in [0.1, 0.15) is 38.2 Å². The van der Waals surface area contributed by atoms with Crippen molar-refractivity contribution < 1.29 is 17.9 Å². The molecule has 0 aliphatic rings. The summed E-state index contributed by atoms with van der Waals surface area (Å²) >= 11 is 0. The molecule has 0 atom stereocenters. The highest BCUT2D eigenvalue weighted by Gasteiger charge is 2.28. The number of aromatic nitrogens is 1. The van der Waals surface area contributed by atoms with E-state index in [0.29, 0.717) is 12.5 Å². The number of pyridine rings is 1. The zero-order chi connectivity index (χ0) is 17.8. The normalized spacial score (nSPS) is 12.1. The molecular formula is C16H25F3N4O. The van der Waals surface area contributed by atoms with Gasteiger partial charge >= 0.3 is 6.18 Å². The van der Waals surface area contributed by atoms with Crippen molar-refractivity contribution >= 4 is 5.96 Å². The monoisotopic (exact) mass is 346 g/mol. The van der Waals surface area contributed by atoms with Gasteiger partial charge in [-0.05, 0) is 12.0 Å². The summed E-state index contributed by atoms with van der Waals surface area (Å²) in [5, 5.41) is 6.35. The van der Waals surface area contributed by atoms with E-state index >= 15 is 0 Å². The Hall–Kier alpha value is -1.99. The first-order valence-corrected chi connectivity index (χ1v) is 8.03. The van der Waals surface area contributed by atoms with Crippen LogP contribution in [0.4, 0.5) is 13.2 Å². The van der Waals surface area contributed by atoms with Gasteiger partial charge in [-0.3, -0.25) is 4.99 Å². The van der Waals surface area contributed by atoms with E-state index in [1.165, 1.54) is 31.5 Å². The fourth-order valence-corrected chi connectivity index (χ4v) is 1.92. The van der Waals surface area contributed by atoms with Gasteiger partial charge in [0.25, 0.3) is 0 Å². The number of hydrogen-bond acceptors (Lipinski definition) is 3. The minimum atomic E-state index is -4.36. The Balaban J connectivity index is 2.32. The second-order valence-electron chi connectivity index (χ2n) is 5.32. The van der Waals surface area contributed by atoms with E-state index in [0.717, 1.165) is 18.5 Å². The molecule has 8 heteroatoms. The molecule has 1 aromatic heterocycles. The summed E-state index contributed by atoms with van der Waals surface area (Å²) in [4.78, 5) is 7.98. The van der Waals surface area contributed by atoms with Crippen LogP contribution in [0, 0.1) is 0 Å². The van der Waals surface area contributed by atoms with E-state index in [1.807, 2.05) is 0 Å². The van der Waals surface area contributed by atoms with Crippen molar-refractivity contribution in [3.63, 3.8) is 0 Å². The summed E-state index contributed by atoms with van der Waals surface area (Å²) in [7, 11) is 1.69. The molecule has 0 saturated carbocycles. The Bertz CT molecular complexity index is 489. The minimum Gasteiger partial charge on any atom is -0.468 e. The summed E-state index contributed by atoms with van der Waals surface area (Å²) in [6.07, 6.45) is 1.81. The summed E-state index contributed by atoms with van der Waals surface area (Å²) in [6, 6.07) is 3.09. The van der Waals surface area contributed by atoms with E-state index in [-0.39, 0.29) is 5.88 Å². The molecule has 0 radical (unpaired) electrons. The van der Waals surface area contributed by atoms with E-state index in [4.69, 9.17) is 0 Å². The first kappa shape index (κ1) is 20.1. The molecule has 136 valence electrons. The van der Waals surface area contributed by atoms with Crippen molar-refractivity contribution in [2.45, 2.75) is 45.3 Å². The van der Waals surface area contributed by atoms with Gasteiger partial charge in [-0.1, -0.05) is 32.3 Å². The predicted octanol–water partition coefficient (Wildman–Crippen LogP) is 3.27. The van der Waals surface area contributed by atoms with Crippen LogP contribution in [0.15, 0.2) is 23.3 Å². The number of nitrogens with one attached hydrogen (secondary N) is 2. The highest BCUT2D eigenvalue weighted by molar-refractivity contribution is 5.79. The van der Waals surface area contributed by atoms with Crippen molar-refractivity contribution in [3.8, 4) is 5.88 Å². The molecule has 1 rings (SSSR count). The average molecular weight is 346 g/mol. The van der Waals surface area contributed by atoms with Crippen LogP contribution in [-0.4, -0.2) is 37.3 Å². The van der Waals surface area contributed by atoms with Crippen LogP contribution < -0.4 is 15.4 Å². The molecule has 1 heterocycles. The number of hydrogen-bond donors (Lipinski definition) is 2. The number of halogens is 3. The topological polar surface area (TPSA) is 58.5 Å². The largest absolute Gasteiger partial charge is 0.468 e. The van der Waals surface area contributed by atoms with E-state index in [1.54, 1.807) is 13.1 Å². The highest BCUT2D eigenvalue weighted by Crippen LogP contribution is 2.16. The highest BCUT2D eigenvalue weighted by atomic mass is 19.4. The van der Waals surface area contributed by atoms with E-state index in [9.17, 15) is 13.2 Å². The molecule has 0 saturated heterocycles. The summed E-state index contributed by atoms with van der Waals surface area (Å²) < 4.78 is 40.7. The number of rotatable bonds is 9. The van der Waals surface area contributed by atoms with Gasteiger partial charge in [-0.25, -0.2) is 4.98 Å². The second-order valence-corrected chi connectivity index (χ2v) is 5.32. The molecule has 5 nitrogen and oxygen atoms in total. The predicted molar refractivity (Wildman–Crippen MR) is 88.1 cm³/mol. The molecule has 0 spiro atoms. The Morgan fingerprint density at radius 3 is 2.58 bits per heavy atom. The van der Waals surface area contributed by atoms with Gasteiger partial charge in [-0.2, -0.15) is 13.2 Å². The molecule has 1 aromatic rings. The third kappa shape index (κ3) is 9.22. The smallest absolute Gasteiger partial charge is 0.422 e. The Morgan fingerprint density at radius 1 is 1.21 bits per heavy atom. The summed E-state index contributed by atoms with van der Waals surface area (Å²) in [5.74, 6) is 0.637. The SMILES string of the molecule is CCCCCCNC(=NC)NCc1ccc(OCC(F)(F)F)nc1. The lowest BCUT2D eigenvalue weighted by molar-refractivity contribution is -0.154. The molecule has 0 amide bonds. The van der Waals surface area contributed by atoms with Gasteiger partial charge in [0.05, 0.1) is 0 Å². The quantitative estimate of drug-likeness (QED) is 0.409. The number of ether oxygens (including phenoxy) is 1. The van der Waals surface area contributed by atoms with Gasteiger partial charge in [-0.15, -0.1) is 0 Å². The maximum Gasteiger partial charge on any atom is 0.422 e. The van der Waals surface area contributed by atoms with Gasteiger partial charge in [0, 0.05) is 32.4 Å². The Kier molecular flexibility index (Phi) is 8.96. The maximum atomic E-state index is 12.1. The molecule has 0 aliphatic heterocycles. The number of nitrogens with zero attached hydrogens (tertiary/aromatic N) is 2. The molecule has 0 aromatic carbocycles. The summed E-state index contributed by atoms with van der Waals surface area (Å²) in [6.45, 7) is 2.15.